The average Bonchev–Trinajstić information content (AvgIpc) is 3.38. The normalized spacial score (nSPS) is 16.7. The first-order valence-corrected chi connectivity index (χ1v) is 11.5. The number of aromatic nitrogens is 2. The van der Waals surface area contributed by atoms with Crippen LogP contribution in [0.25, 0.3) is 10.2 Å². The van der Waals surface area contributed by atoms with E-state index in [1.165, 1.54) is 0 Å². The number of piperidine rings is 1. The van der Waals surface area contributed by atoms with E-state index in [9.17, 15) is 9.59 Å². The molecule has 0 saturated carbocycles. The van der Waals surface area contributed by atoms with E-state index >= 15 is 0 Å². The van der Waals surface area contributed by atoms with Crippen molar-refractivity contribution in [1.29, 1.82) is 0 Å². The van der Waals surface area contributed by atoms with Gasteiger partial charge in [-0.05, 0) is 54.8 Å². The van der Waals surface area contributed by atoms with Gasteiger partial charge in [0, 0.05) is 51.4 Å². The molecule has 1 aliphatic heterocycles. The molecule has 7 heteroatoms. The molecule has 1 aliphatic rings. The van der Waals surface area contributed by atoms with Gasteiger partial charge in [0.1, 0.15) is 5.69 Å². The van der Waals surface area contributed by atoms with Crippen molar-refractivity contribution in [3.05, 3.63) is 53.3 Å². The predicted molar refractivity (Wildman–Crippen MR) is 120 cm³/mol. The number of likely N-dealkylation sites (tertiary alicyclic amines) is 1. The van der Waals surface area contributed by atoms with Crippen LogP contribution in [0.5, 0.6) is 0 Å². The smallest absolute Gasteiger partial charge is 0.270 e. The van der Waals surface area contributed by atoms with Crippen LogP contribution < -0.4 is 0 Å². The summed E-state index contributed by atoms with van der Waals surface area (Å²) in [6, 6.07) is 9.81. The molecule has 0 aliphatic carbocycles. The van der Waals surface area contributed by atoms with Crippen LogP contribution in [0.1, 0.15) is 41.9 Å². The molecular formula is C23H28N4O2S. The summed E-state index contributed by atoms with van der Waals surface area (Å²) in [4.78, 5) is 36.7. The number of thiophene rings is 1. The third-order valence-electron chi connectivity index (χ3n) is 5.90. The molecule has 2 amide bonds. The summed E-state index contributed by atoms with van der Waals surface area (Å²) >= 11 is 1.64. The highest BCUT2D eigenvalue weighted by Crippen LogP contribution is 2.25. The summed E-state index contributed by atoms with van der Waals surface area (Å²) in [6.45, 7) is 2.20. The molecule has 4 heterocycles. The Morgan fingerprint density at radius 2 is 2.23 bits per heavy atom. The van der Waals surface area contributed by atoms with Gasteiger partial charge in [0.05, 0.1) is 10.2 Å². The summed E-state index contributed by atoms with van der Waals surface area (Å²) in [5.41, 5.74) is 2.70. The van der Waals surface area contributed by atoms with E-state index in [4.69, 9.17) is 0 Å². The van der Waals surface area contributed by atoms with Crippen molar-refractivity contribution in [2.45, 2.75) is 32.1 Å². The van der Waals surface area contributed by atoms with Crippen LogP contribution in [-0.2, 0) is 11.2 Å². The predicted octanol–water partition coefficient (Wildman–Crippen LogP) is 3.96. The molecule has 158 valence electrons. The van der Waals surface area contributed by atoms with E-state index in [1.54, 1.807) is 22.4 Å². The number of fused-ring (bicyclic) bond motifs is 1. The lowest BCUT2D eigenvalue weighted by Gasteiger charge is -2.32. The highest BCUT2D eigenvalue weighted by molar-refractivity contribution is 7.17. The summed E-state index contributed by atoms with van der Waals surface area (Å²) in [6.07, 6.45) is 5.98. The Hall–Kier alpha value is -2.67. The summed E-state index contributed by atoms with van der Waals surface area (Å²) in [7, 11) is 1.86. The van der Waals surface area contributed by atoms with Crippen molar-refractivity contribution in [2.75, 3.05) is 26.7 Å². The van der Waals surface area contributed by atoms with Crippen LogP contribution in [0.15, 0.2) is 41.9 Å². The first kappa shape index (κ1) is 20.6. The monoisotopic (exact) mass is 424 g/mol. The molecule has 0 unspecified atom stereocenters. The van der Waals surface area contributed by atoms with Gasteiger partial charge >= 0.3 is 0 Å². The number of carbonyl (C=O) groups excluding carboxylic acids is 2. The molecule has 3 aromatic heterocycles. The maximum absolute atomic E-state index is 12.9. The number of pyridine rings is 1. The van der Waals surface area contributed by atoms with E-state index in [1.807, 2.05) is 47.7 Å². The summed E-state index contributed by atoms with van der Waals surface area (Å²) in [5.74, 6) is 0.618. The number of likely N-dealkylation sites (N-methyl/N-ethyl adjacent to an activating group) is 1. The molecule has 6 nitrogen and oxygen atoms in total. The number of H-pyrrole nitrogens is 1. The van der Waals surface area contributed by atoms with Gasteiger partial charge in [-0.1, -0.05) is 6.07 Å². The Kier molecular flexibility index (Phi) is 6.47. The maximum Gasteiger partial charge on any atom is 0.270 e. The van der Waals surface area contributed by atoms with Gasteiger partial charge in [0.2, 0.25) is 5.91 Å². The number of rotatable bonds is 7. The van der Waals surface area contributed by atoms with Crippen molar-refractivity contribution in [3.8, 4) is 0 Å². The largest absolute Gasteiger partial charge is 0.350 e. The topological polar surface area (TPSA) is 69.3 Å². The van der Waals surface area contributed by atoms with Gasteiger partial charge in [-0.2, -0.15) is 0 Å². The fraction of sp³-hybridized carbons (Fsp3) is 0.435. The fourth-order valence-corrected chi connectivity index (χ4v) is 4.87. The quantitative estimate of drug-likeness (QED) is 0.624. The highest BCUT2D eigenvalue weighted by Gasteiger charge is 2.26. The van der Waals surface area contributed by atoms with Crippen LogP contribution in [0.3, 0.4) is 0 Å². The van der Waals surface area contributed by atoms with E-state index in [2.05, 4.69) is 9.97 Å². The van der Waals surface area contributed by atoms with Crippen molar-refractivity contribution in [3.63, 3.8) is 0 Å². The molecule has 1 atom stereocenters. The van der Waals surface area contributed by atoms with E-state index in [-0.39, 0.29) is 11.8 Å². The lowest BCUT2D eigenvalue weighted by Crippen LogP contribution is -2.40. The Bertz CT molecular complexity index is 968. The van der Waals surface area contributed by atoms with Crippen LogP contribution >= 0.6 is 11.3 Å². The summed E-state index contributed by atoms with van der Waals surface area (Å²) < 4.78 is 1.12. The van der Waals surface area contributed by atoms with Crippen LogP contribution in [0.2, 0.25) is 0 Å². The molecular weight excluding hydrogens is 396 g/mol. The SMILES string of the molecule is CN(CCc1ccccn1)C(=O)CC[C@@H]1CCCN(C(=O)c2cc3sccc3[nH]2)C1. The minimum atomic E-state index is 0.0712. The molecule has 0 bridgehead atoms. The minimum Gasteiger partial charge on any atom is -0.350 e. The Balaban J connectivity index is 1.24. The number of nitrogens with one attached hydrogen (secondary N) is 1. The number of aromatic amines is 1. The lowest BCUT2D eigenvalue weighted by molar-refractivity contribution is -0.130. The van der Waals surface area contributed by atoms with Gasteiger partial charge in [0.25, 0.3) is 5.91 Å². The van der Waals surface area contributed by atoms with Crippen molar-refractivity contribution < 1.29 is 9.59 Å². The minimum absolute atomic E-state index is 0.0712. The van der Waals surface area contributed by atoms with Gasteiger partial charge in [-0.25, -0.2) is 0 Å². The van der Waals surface area contributed by atoms with Crippen molar-refractivity contribution in [1.82, 2.24) is 19.8 Å². The highest BCUT2D eigenvalue weighted by atomic mass is 32.1. The van der Waals surface area contributed by atoms with Crippen LogP contribution in [-0.4, -0.2) is 58.3 Å². The zero-order valence-corrected chi connectivity index (χ0v) is 18.2. The Labute approximate surface area is 180 Å². The van der Waals surface area contributed by atoms with Gasteiger partial charge in [0.15, 0.2) is 0 Å². The first-order chi connectivity index (χ1) is 14.6. The van der Waals surface area contributed by atoms with Gasteiger partial charge < -0.3 is 14.8 Å². The number of carbonyl (C=O) groups is 2. The third kappa shape index (κ3) is 4.90. The molecule has 0 radical (unpaired) electrons. The number of nitrogens with zero attached hydrogens (tertiary/aromatic N) is 3. The standard InChI is InChI=1S/C23H28N4O2S/c1-26(13-9-18-6-2-3-11-24-18)22(28)8-7-17-5-4-12-27(16-17)23(29)20-15-21-19(25-20)10-14-30-21/h2-3,6,10-11,14-15,17,25H,4-5,7-9,12-13,16H2,1H3/t17-/m0/s1. The zero-order valence-electron chi connectivity index (χ0n) is 17.3. The molecule has 1 saturated heterocycles. The number of hydrogen-bond acceptors (Lipinski definition) is 4. The Morgan fingerprint density at radius 1 is 1.33 bits per heavy atom. The average molecular weight is 425 g/mol. The number of amides is 2. The van der Waals surface area contributed by atoms with Crippen molar-refractivity contribution in [2.24, 2.45) is 5.92 Å². The van der Waals surface area contributed by atoms with Gasteiger partial charge in [-0.3, -0.25) is 14.6 Å². The second kappa shape index (κ2) is 9.43. The molecule has 1 N–H and O–H groups in total. The summed E-state index contributed by atoms with van der Waals surface area (Å²) in [5, 5.41) is 2.02. The zero-order chi connectivity index (χ0) is 20.9. The Morgan fingerprint density at radius 3 is 3.03 bits per heavy atom. The van der Waals surface area contributed by atoms with Gasteiger partial charge in [-0.15, -0.1) is 11.3 Å². The molecule has 0 spiro atoms. The van der Waals surface area contributed by atoms with Crippen molar-refractivity contribution >= 4 is 33.4 Å². The number of hydrogen-bond donors (Lipinski definition) is 1. The first-order valence-electron chi connectivity index (χ1n) is 10.6. The molecule has 0 aromatic carbocycles. The third-order valence-corrected chi connectivity index (χ3v) is 6.76. The van der Waals surface area contributed by atoms with Crippen LogP contribution in [0.4, 0.5) is 0 Å². The second-order valence-corrected chi connectivity index (χ2v) is 9.01. The second-order valence-electron chi connectivity index (χ2n) is 8.07. The molecule has 4 rings (SSSR count). The van der Waals surface area contributed by atoms with Crippen LogP contribution in [0, 0.1) is 5.92 Å². The van der Waals surface area contributed by atoms with E-state index < -0.39 is 0 Å². The molecule has 1 fully saturated rings. The maximum atomic E-state index is 12.9. The fourth-order valence-electron chi connectivity index (χ4n) is 4.09. The molecule has 3 aromatic rings. The van der Waals surface area contributed by atoms with E-state index in [0.29, 0.717) is 24.6 Å². The molecule has 30 heavy (non-hydrogen) atoms. The lowest BCUT2D eigenvalue weighted by atomic mass is 9.93. The van der Waals surface area contributed by atoms with E-state index in [0.717, 1.165) is 54.7 Å².